The summed E-state index contributed by atoms with van der Waals surface area (Å²) in [5.41, 5.74) is 3.65. The quantitative estimate of drug-likeness (QED) is 0.182. The number of nitrogens with zero attached hydrogens (tertiary/aromatic N) is 2. The summed E-state index contributed by atoms with van der Waals surface area (Å²) in [6, 6.07) is 1.81. The summed E-state index contributed by atoms with van der Waals surface area (Å²) >= 11 is 5.72. The first-order chi connectivity index (χ1) is 11.9. The van der Waals surface area contributed by atoms with E-state index in [1.165, 1.54) is 0 Å². The van der Waals surface area contributed by atoms with Crippen molar-refractivity contribution in [2.24, 2.45) is 5.73 Å². The van der Waals surface area contributed by atoms with Gasteiger partial charge in [-0.1, -0.05) is 0 Å². The van der Waals surface area contributed by atoms with Crippen LogP contribution in [0.3, 0.4) is 0 Å². The number of amides is 1. The zero-order valence-corrected chi connectivity index (χ0v) is 14.9. The van der Waals surface area contributed by atoms with Crippen LogP contribution in [0.1, 0.15) is 5.56 Å². The molecule has 12 nitrogen and oxygen atoms in total. The summed E-state index contributed by atoms with van der Waals surface area (Å²) in [5, 5.41) is 23.6. The Morgan fingerprint density at radius 3 is 2.35 bits per heavy atom. The lowest BCUT2D eigenvalue weighted by molar-refractivity contribution is -0.394. The molecule has 0 aromatic heterocycles. The van der Waals surface area contributed by atoms with Gasteiger partial charge >= 0.3 is 0 Å². The molecular formula is C12H15ClN4O8S. The van der Waals surface area contributed by atoms with Crippen LogP contribution in [0.15, 0.2) is 12.1 Å². The zero-order valence-electron chi connectivity index (χ0n) is 13.4. The number of carbonyl (C=O) groups excluding carboxylic acids is 1. The van der Waals surface area contributed by atoms with E-state index in [1.54, 1.807) is 0 Å². The van der Waals surface area contributed by atoms with E-state index < -0.39 is 42.6 Å². The molecule has 0 radical (unpaired) electrons. The summed E-state index contributed by atoms with van der Waals surface area (Å²) in [4.78, 5) is 31.7. The lowest BCUT2D eigenvalue weighted by Gasteiger charge is -2.11. The summed E-state index contributed by atoms with van der Waals surface area (Å²) < 4.78 is 26.3. The molecule has 0 bridgehead atoms. The molecule has 0 saturated carbocycles. The molecule has 1 aromatic carbocycles. The molecule has 0 spiro atoms. The molecule has 0 saturated heterocycles. The molecule has 1 rings (SSSR count). The summed E-state index contributed by atoms with van der Waals surface area (Å²) in [7, 11) is -3.69. The first-order valence-corrected chi connectivity index (χ1v) is 9.15. The van der Waals surface area contributed by atoms with Gasteiger partial charge in [-0.2, -0.15) is 8.42 Å². The van der Waals surface area contributed by atoms with Gasteiger partial charge in [0.2, 0.25) is 5.91 Å². The fraction of sp³-hybridized carbons (Fsp3) is 0.417. The molecule has 0 aliphatic carbocycles. The van der Waals surface area contributed by atoms with Crippen molar-refractivity contribution in [1.82, 2.24) is 0 Å². The topological polar surface area (TPSA) is 185 Å². The zero-order chi connectivity index (χ0) is 20.1. The minimum Gasteiger partial charge on any atom is -0.377 e. The number of primary amides is 1. The highest BCUT2D eigenvalue weighted by Crippen LogP contribution is 2.33. The van der Waals surface area contributed by atoms with Crippen molar-refractivity contribution in [2.75, 3.05) is 24.7 Å². The average Bonchev–Trinajstić information content (AvgIpc) is 2.49. The number of benzene rings is 1. The van der Waals surface area contributed by atoms with Crippen molar-refractivity contribution in [3.63, 3.8) is 0 Å². The summed E-state index contributed by atoms with van der Waals surface area (Å²) in [5.74, 6) is -0.907. The number of nitro benzene ring substituents is 2. The second-order valence-corrected chi connectivity index (χ2v) is 7.21. The van der Waals surface area contributed by atoms with Crippen LogP contribution in [0, 0.1) is 20.2 Å². The fourth-order valence-corrected chi connectivity index (χ4v) is 2.47. The molecular weight excluding hydrogens is 396 g/mol. The van der Waals surface area contributed by atoms with Crippen molar-refractivity contribution in [3.05, 3.63) is 37.9 Å². The Morgan fingerprint density at radius 2 is 1.88 bits per heavy atom. The van der Waals surface area contributed by atoms with E-state index in [-0.39, 0.29) is 30.8 Å². The van der Waals surface area contributed by atoms with Crippen LogP contribution in [0.4, 0.5) is 17.1 Å². The maximum Gasteiger partial charge on any atom is 0.299 e. The maximum atomic E-state index is 11.1. The van der Waals surface area contributed by atoms with Crippen LogP contribution in [0.5, 0.6) is 0 Å². The van der Waals surface area contributed by atoms with Gasteiger partial charge in [-0.25, -0.2) is 0 Å². The monoisotopic (exact) mass is 410 g/mol. The lowest BCUT2D eigenvalue weighted by Crippen LogP contribution is -2.25. The molecule has 14 heteroatoms. The number of anilines is 1. The Morgan fingerprint density at radius 1 is 1.31 bits per heavy atom. The molecule has 0 aliphatic rings. The number of halogens is 1. The highest BCUT2D eigenvalue weighted by molar-refractivity contribution is 7.85. The molecule has 0 aliphatic heterocycles. The number of rotatable bonds is 10. The van der Waals surface area contributed by atoms with E-state index in [2.05, 4.69) is 9.50 Å². The first-order valence-electron chi connectivity index (χ1n) is 6.89. The lowest BCUT2D eigenvalue weighted by atomic mass is 10.0. The molecule has 1 unspecified atom stereocenters. The SMILES string of the molecule is CS(=O)(=O)OCCNc1cc(CC(Cl)C(N)=O)c([N+](=O)[O-])cc1[N+](=O)[O-]. The average molecular weight is 411 g/mol. The third kappa shape index (κ3) is 6.42. The van der Waals surface area contributed by atoms with E-state index in [4.69, 9.17) is 17.3 Å². The predicted octanol–water partition coefficient (Wildman–Crippen LogP) is 0.526. The van der Waals surface area contributed by atoms with Crippen molar-refractivity contribution in [1.29, 1.82) is 0 Å². The van der Waals surface area contributed by atoms with Gasteiger partial charge in [-0.15, -0.1) is 11.6 Å². The van der Waals surface area contributed by atoms with Crippen LogP contribution in [-0.2, 0) is 25.5 Å². The van der Waals surface area contributed by atoms with Crippen molar-refractivity contribution in [2.45, 2.75) is 11.8 Å². The van der Waals surface area contributed by atoms with Gasteiger partial charge in [-0.05, 0) is 6.07 Å². The number of hydrogen-bond donors (Lipinski definition) is 2. The second-order valence-electron chi connectivity index (χ2n) is 5.04. The molecule has 144 valence electrons. The minimum absolute atomic E-state index is 0.0501. The summed E-state index contributed by atoms with van der Waals surface area (Å²) in [6.07, 6.45) is 0.517. The number of alkyl halides is 1. The molecule has 1 aromatic rings. The Hall–Kier alpha value is -2.51. The second kappa shape index (κ2) is 8.73. The van der Waals surface area contributed by atoms with Gasteiger partial charge in [0.1, 0.15) is 11.1 Å². The smallest absolute Gasteiger partial charge is 0.299 e. The number of hydrogen-bond acceptors (Lipinski definition) is 9. The Kier molecular flexibility index (Phi) is 7.23. The highest BCUT2D eigenvalue weighted by Gasteiger charge is 2.26. The molecule has 0 fully saturated rings. The van der Waals surface area contributed by atoms with Gasteiger partial charge in [0.05, 0.1) is 28.8 Å². The molecule has 26 heavy (non-hydrogen) atoms. The molecule has 1 amide bonds. The largest absolute Gasteiger partial charge is 0.377 e. The van der Waals surface area contributed by atoms with Crippen LogP contribution in [0.2, 0.25) is 0 Å². The van der Waals surface area contributed by atoms with Gasteiger partial charge in [0.15, 0.2) is 0 Å². The Labute approximate surface area is 152 Å². The fourth-order valence-electron chi connectivity index (χ4n) is 1.92. The van der Waals surface area contributed by atoms with E-state index in [9.17, 15) is 33.4 Å². The third-order valence-electron chi connectivity index (χ3n) is 3.01. The Balaban J connectivity index is 3.19. The first kappa shape index (κ1) is 21.5. The van der Waals surface area contributed by atoms with E-state index in [1.807, 2.05) is 0 Å². The number of nitrogens with one attached hydrogen (secondary N) is 1. The van der Waals surface area contributed by atoms with Gasteiger partial charge in [-0.3, -0.25) is 29.2 Å². The van der Waals surface area contributed by atoms with Gasteiger partial charge in [0, 0.05) is 18.5 Å². The maximum absolute atomic E-state index is 11.1. The number of nitro groups is 2. The minimum atomic E-state index is -3.69. The molecule has 3 N–H and O–H groups in total. The predicted molar refractivity (Wildman–Crippen MR) is 91.6 cm³/mol. The number of nitrogens with two attached hydrogens (primary N) is 1. The van der Waals surface area contributed by atoms with Crippen molar-refractivity contribution in [3.8, 4) is 0 Å². The van der Waals surface area contributed by atoms with Crippen LogP contribution >= 0.6 is 11.6 Å². The molecule has 0 heterocycles. The molecule has 1 atom stereocenters. The van der Waals surface area contributed by atoms with Crippen LogP contribution < -0.4 is 11.1 Å². The van der Waals surface area contributed by atoms with Crippen LogP contribution in [-0.4, -0.2) is 49.0 Å². The van der Waals surface area contributed by atoms with Crippen molar-refractivity contribution >= 4 is 44.7 Å². The standard InChI is InChI=1S/C12H15ClN4O8S/c1-26(23,24)25-3-2-15-9-5-7(4-8(13)12(14)18)10(16(19)20)6-11(9)17(21)22/h5-6,8,15H,2-4H2,1H3,(H2,14,18). The van der Waals surface area contributed by atoms with E-state index >= 15 is 0 Å². The number of carbonyl (C=O) groups is 1. The van der Waals surface area contributed by atoms with Gasteiger partial charge in [0.25, 0.3) is 21.5 Å². The van der Waals surface area contributed by atoms with E-state index in [0.29, 0.717) is 0 Å². The van der Waals surface area contributed by atoms with Crippen molar-refractivity contribution < 1.29 is 27.2 Å². The van der Waals surface area contributed by atoms with Crippen LogP contribution in [0.25, 0.3) is 0 Å². The normalized spacial score (nSPS) is 12.4. The third-order valence-corrected chi connectivity index (χ3v) is 3.98. The van der Waals surface area contributed by atoms with E-state index in [0.717, 1.165) is 18.4 Å². The summed E-state index contributed by atoms with van der Waals surface area (Å²) in [6.45, 7) is -0.451. The Bertz CT molecular complexity index is 829. The van der Waals surface area contributed by atoms with Gasteiger partial charge < -0.3 is 11.1 Å². The highest BCUT2D eigenvalue weighted by atomic mass is 35.5.